The number of halogens is 2. The normalized spacial score (nSPS) is 20.6. The first-order valence-electron chi connectivity index (χ1n) is 10.9. The van der Waals surface area contributed by atoms with Crippen LogP contribution in [0, 0.1) is 5.82 Å². The van der Waals surface area contributed by atoms with Crippen LogP contribution < -0.4 is 10.2 Å². The number of amides is 3. The minimum Gasteiger partial charge on any atom is -0.308 e. The molecule has 1 saturated heterocycles. The Morgan fingerprint density at radius 3 is 2.56 bits per heavy atom. The highest BCUT2D eigenvalue weighted by Gasteiger charge is 2.63. The van der Waals surface area contributed by atoms with E-state index in [-0.39, 0.29) is 29.0 Å². The van der Waals surface area contributed by atoms with E-state index in [9.17, 15) is 14.0 Å². The van der Waals surface area contributed by atoms with Gasteiger partial charge in [-0.1, -0.05) is 48.0 Å². The van der Waals surface area contributed by atoms with Crippen LogP contribution in [0.25, 0.3) is 0 Å². The third kappa shape index (κ3) is 3.83. The van der Waals surface area contributed by atoms with E-state index in [2.05, 4.69) is 5.32 Å². The van der Waals surface area contributed by atoms with Gasteiger partial charge in [-0.3, -0.25) is 9.69 Å². The molecule has 1 N–H and O–H groups in total. The van der Waals surface area contributed by atoms with Crippen LogP contribution in [0.5, 0.6) is 0 Å². The second-order valence-electron chi connectivity index (χ2n) is 9.07. The fraction of sp³-hybridized carbons (Fsp3) is 0.231. The van der Waals surface area contributed by atoms with Crippen molar-refractivity contribution in [3.63, 3.8) is 0 Å². The van der Waals surface area contributed by atoms with Crippen molar-refractivity contribution in [2.45, 2.75) is 30.0 Å². The van der Waals surface area contributed by atoms with Crippen molar-refractivity contribution in [3.8, 4) is 0 Å². The molecule has 5 nitrogen and oxygen atoms in total. The van der Waals surface area contributed by atoms with E-state index in [0.29, 0.717) is 17.3 Å². The van der Waals surface area contributed by atoms with Gasteiger partial charge in [-0.15, -0.1) is 11.8 Å². The zero-order valence-corrected chi connectivity index (χ0v) is 20.3. The molecule has 0 unspecified atom stereocenters. The van der Waals surface area contributed by atoms with Crippen LogP contribution in [0.2, 0.25) is 5.02 Å². The van der Waals surface area contributed by atoms with Gasteiger partial charge in [0.05, 0.1) is 12.2 Å². The van der Waals surface area contributed by atoms with Gasteiger partial charge in [0.1, 0.15) is 5.82 Å². The molecule has 1 atom stereocenters. The number of fused-ring (bicyclic) bond motifs is 2. The smallest absolute Gasteiger partial charge is 0.308 e. The number of hydrogen-bond donors (Lipinski definition) is 1. The molecule has 8 heteroatoms. The molecule has 3 aromatic rings. The van der Waals surface area contributed by atoms with Crippen LogP contribution in [0.4, 0.5) is 20.6 Å². The Labute approximate surface area is 206 Å². The summed E-state index contributed by atoms with van der Waals surface area (Å²) in [6.07, 6.45) is 0. The number of para-hydroxylation sites is 1. The summed E-state index contributed by atoms with van der Waals surface area (Å²) in [7, 11) is 0. The maximum Gasteiger partial charge on any atom is 0.323 e. The molecule has 0 radical (unpaired) electrons. The first-order valence-corrected chi connectivity index (χ1v) is 12.1. The van der Waals surface area contributed by atoms with Crippen LogP contribution in [-0.2, 0) is 16.2 Å². The Hall–Kier alpha value is -3.03. The number of nitrogens with zero attached hydrogens (tertiary/aromatic N) is 2. The fourth-order valence-corrected chi connectivity index (χ4v) is 6.56. The molecule has 0 aliphatic carbocycles. The van der Waals surface area contributed by atoms with E-state index in [1.807, 2.05) is 38.1 Å². The molecule has 174 valence electrons. The molecular weight excluding hydrogens is 473 g/mol. The Morgan fingerprint density at radius 2 is 1.82 bits per heavy atom. The molecule has 34 heavy (non-hydrogen) atoms. The number of anilines is 2. The molecular formula is C26H23ClFN3O2S. The topological polar surface area (TPSA) is 52.7 Å². The zero-order chi connectivity index (χ0) is 24.1. The molecule has 1 spiro atoms. The van der Waals surface area contributed by atoms with E-state index in [4.69, 9.17) is 11.6 Å². The van der Waals surface area contributed by atoms with Crippen molar-refractivity contribution in [2.75, 3.05) is 16.8 Å². The van der Waals surface area contributed by atoms with Gasteiger partial charge in [-0.25, -0.2) is 9.18 Å². The monoisotopic (exact) mass is 495 g/mol. The summed E-state index contributed by atoms with van der Waals surface area (Å²) in [4.78, 5) is 29.8. The van der Waals surface area contributed by atoms with E-state index in [1.165, 1.54) is 23.9 Å². The minimum absolute atomic E-state index is 0.185. The lowest BCUT2D eigenvalue weighted by atomic mass is 10.1. The standard InChI is InChI=1S/C26H23ClFN3O2S/c1-25(2)16-31(24(33)29-20-7-5-6-18(27)14-20)26(34-25)21-8-3-4-9-22(21)30(23(26)32)15-17-10-12-19(28)13-11-17/h3-14H,15-16H2,1-2H3,(H,29,33)/t26-/m1/s1. The van der Waals surface area contributed by atoms with Crippen molar-refractivity contribution in [1.82, 2.24) is 4.90 Å². The maximum absolute atomic E-state index is 14.2. The maximum atomic E-state index is 14.2. The number of benzene rings is 3. The lowest BCUT2D eigenvalue weighted by Crippen LogP contribution is -2.51. The van der Waals surface area contributed by atoms with Gasteiger partial charge in [0.2, 0.25) is 0 Å². The van der Waals surface area contributed by atoms with Crippen LogP contribution in [0.15, 0.2) is 72.8 Å². The van der Waals surface area contributed by atoms with Crippen LogP contribution in [-0.4, -0.2) is 28.1 Å². The SMILES string of the molecule is CC1(C)CN(C(=O)Nc2cccc(Cl)c2)[C@]2(S1)C(=O)N(Cc1ccc(F)cc1)c1ccccc12. The van der Waals surface area contributed by atoms with Crippen molar-refractivity contribution in [1.29, 1.82) is 0 Å². The van der Waals surface area contributed by atoms with Crippen LogP contribution >= 0.6 is 23.4 Å². The third-order valence-corrected chi connectivity index (χ3v) is 7.84. The summed E-state index contributed by atoms with van der Waals surface area (Å²) < 4.78 is 13.1. The first kappa shape index (κ1) is 22.7. The molecule has 1 fully saturated rings. The highest BCUT2D eigenvalue weighted by molar-refractivity contribution is 8.02. The first-order chi connectivity index (χ1) is 16.2. The molecule has 2 heterocycles. The quantitative estimate of drug-likeness (QED) is 0.468. The molecule has 0 aromatic heterocycles. The second-order valence-corrected chi connectivity index (χ2v) is 11.4. The molecule has 0 saturated carbocycles. The van der Waals surface area contributed by atoms with Gasteiger partial charge in [0.25, 0.3) is 5.91 Å². The number of carbonyl (C=O) groups excluding carboxylic acids is 2. The van der Waals surface area contributed by atoms with Gasteiger partial charge in [-0.05, 0) is 55.8 Å². The summed E-state index contributed by atoms with van der Waals surface area (Å²) in [5, 5.41) is 3.42. The van der Waals surface area contributed by atoms with Gasteiger partial charge < -0.3 is 10.2 Å². The van der Waals surface area contributed by atoms with Gasteiger partial charge in [0, 0.05) is 27.6 Å². The van der Waals surface area contributed by atoms with Gasteiger partial charge >= 0.3 is 6.03 Å². The Balaban J connectivity index is 1.55. The number of nitrogens with one attached hydrogen (secondary N) is 1. The summed E-state index contributed by atoms with van der Waals surface area (Å²) in [6, 6.07) is 20.2. The summed E-state index contributed by atoms with van der Waals surface area (Å²) >= 11 is 7.58. The highest BCUT2D eigenvalue weighted by atomic mass is 35.5. The van der Waals surface area contributed by atoms with Crippen LogP contribution in [0.1, 0.15) is 25.0 Å². The molecule has 0 bridgehead atoms. The van der Waals surface area contributed by atoms with Crippen molar-refractivity contribution >= 4 is 46.7 Å². The third-order valence-electron chi connectivity index (χ3n) is 6.01. The average molecular weight is 496 g/mol. The molecule has 5 rings (SSSR count). The number of thioether (sulfide) groups is 1. The zero-order valence-electron chi connectivity index (χ0n) is 18.7. The fourth-order valence-electron chi connectivity index (χ4n) is 4.64. The Morgan fingerprint density at radius 1 is 1.09 bits per heavy atom. The minimum atomic E-state index is -1.21. The van der Waals surface area contributed by atoms with E-state index in [1.54, 1.807) is 46.2 Å². The number of carbonyl (C=O) groups is 2. The molecule has 2 aliphatic heterocycles. The van der Waals surface area contributed by atoms with E-state index in [0.717, 1.165) is 16.8 Å². The predicted octanol–water partition coefficient (Wildman–Crippen LogP) is 6.24. The number of urea groups is 1. The van der Waals surface area contributed by atoms with Crippen molar-refractivity contribution in [2.24, 2.45) is 0 Å². The van der Waals surface area contributed by atoms with Gasteiger partial charge in [-0.2, -0.15) is 0 Å². The van der Waals surface area contributed by atoms with E-state index < -0.39 is 4.87 Å². The van der Waals surface area contributed by atoms with Gasteiger partial charge in [0.15, 0.2) is 4.87 Å². The van der Waals surface area contributed by atoms with Crippen LogP contribution in [0.3, 0.4) is 0 Å². The Kier molecular flexibility index (Phi) is 5.57. The summed E-state index contributed by atoms with van der Waals surface area (Å²) in [5.41, 5.74) is 2.89. The average Bonchev–Trinajstić information content (AvgIpc) is 3.22. The molecule has 3 amide bonds. The summed E-state index contributed by atoms with van der Waals surface area (Å²) in [5.74, 6) is -0.514. The summed E-state index contributed by atoms with van der Waals surface area (Å²) in [6.45, 7) is 4.73. The number of hydrogen-bond acceptors (Lipinski definition) is 3. The van der Waals surface area contributed by atoms with Crippen molar-refractivity contribution in [3.05, 3.63) is 94.8 Å². The molecule has 2 aliphatic rings. The lowest BCUT2D eigenvalue weighted by Gasteiger charge is -2.33. The van der Waals surface area contributed by atoms with E-state index >= 15 is 0 Å². The Bertz CT molecular complexity index is 1280. The second kappa shape index (κ2) is 8.32. The largest absolute Gasteiger partial charge is 0.323 e. The highest BCUT2D eigenvalue weighted by Crippen LogP contribution is 2.59. The lowest BCUT2D eigenvalue weighted by molar-refractivity contribution is -0.123. The van der Waals surface area contributed by atoms with Crippen molar-refractivity contribution < 1.29 is 14.0 Å². The number of rotatable bonds is 3. The predicted molar refractivity (Wildman–Crippen MR) is 135 cm³/mol. The molecule has 3 aromatic carbocycles.